The van der Waals surface area contributed by atoms with Crippen LogP contribution in [0, 0.1) is 0 Å². The van der Waals surface area contributed by atoms with Gasteiger partial charge in [-0.1, -0.05) is 48.5 Å². The van der Waals surface area contributed by atoms with E-state index in [1.54, 1.807) is 36.5 Å². The second-order valence-corrected chi connectivity index (χ2v) is 9.32. The van der Waals surface area contributed by atoms with Crippen molar-refractivity contribution in [1.82, 2.24) is 5.43 Å². The summed E-state index contributed by atoms with van der Waals surface area (Å²) in [4.78, 5) is 12.6. The van der Waals surface area contributed by atoms with E-state index in [9.17, 15) is 13.2 Å². The first-order chi connectivity index (χ1) is 14.4. The molecule has 1 aliphatic rings. The van der Waals surface area contributed by atoms with Gasteiger partial charge in [0.2, 0.25) is 10.0 Å². The fourth-order valence-corrected chi connectivity index (χ4v) is 5.20. The molecule has 3 aromatic carbocycles. The second-order valence-electron chi connectivity index (χ2n) is 7.46. The van der Waals surface area contributed by atoms with E-state index in [-0.39, 0.29) is 0 Å². The average molecular weight is 422 g/mol. The van der Waals surface area contributed by atoms with Gasteiger partial charge in [0.1, 0.15) is 6.04 Å². The Labute approximate surface area is 176 Å². The molecule has 154 valence electrons. The van der Waals surface area contributed by atoms with E-state index in [0.717, 1.165) is 34.4 Å². The standard InChI is InChI=1S/C23H23N3O3S/c1-16(26(30(2,28)29)20-8-4-3-5-9-20)23(27)25-24-15-19-14-13-18-12-11-17-7-6-10-21(19)22(17)18/h3-10,13-16H,11-12H2,1-2H3,(H,25,27)/b24-15-/t16-/m1/s1. The van der Waals surface area contributed by atoms with Crippen LogP contribution in [-0.4, -0.2) is 32.8 Å². The molecule has 30 heavy (non-hydrogen) atoms. The summed E-state index contributed by atoms with van der Waals surface area (Å²) >= 11 is 0. The lowest BCUT2D eigenvalue weighted by Crippen LogP contribution is -2.46. The average Bonchev–Trinajstić information content (AvgIpc) is 3.14. The van der Waals surface area contributed by atoms with Crippen LogP contribution < -0.4 is 9.73 Å². The molecule has 4 rings (SSSR count). The molecule has 3 aromatic rings. The lowest BCUT2D eigenvalue weighted by molar-refractivity contribution is -0.121. The number of carbonyl (C=O) groups is 1. The van der Waals surface area contributed by atoms with Crippen molar-refractivity contribution >= 4 is 38.6 Å². The Kier molecular flexibility index (Phi) is 5.30. The Hall–Kier alpha value is -3.19. The number of sulfonamides is 1. The van der Waals surface area contributed by atoms with Crippen molar-refractivity contribution in [2.45, 2.75) is 25.8 Å². The monoisotopic (exact) mass is 421 g/mol. The lowest BCUT2D eigenvalue weighted by atomic mass is 10.0. The van der Waals surface area contributed by atoms with Crippen LogP contribution in [0.1, 0.15) is 23.6 Å². The zero-order valence-electron chi connectivity index (χ0n) is 16.9. The van der Waals surface area contributed by atoms with E-state index < -0.39 is 22.0 Å². The lowest BCUT2D eigenvalue weighted by Gasteiger charge is -2.27. The number of aryl methyl sites for hydroxylation is 2. The third kappa shape index (κ3) is 3.80. The number of anilines is 1. The Bertz CT molecular complexity index is 1230. The number of para-hydroxylation sites is 1. The van der Waals surface area contributed by atoms with E-state index in [2.05, 4.69) is 28.7 Å². The van der Waals surface area contributed by atoms with Gasteiger partial charge in [-0.05, 0) is 53.8 Å². The van der Waals surface area contributed by atoms with Gasteiger partial charge in [-0.3, -0.25) is 9.10 Å². The summed E-state index contributed by atoms with van der Waals surface area (Å²) in [5.74, 6) is -0.508. The van der Waals surface area contributed by atoms with Gasteiger partial charge >= 0.3 is 0 Å². The number of hydrogen-bond acceptors (Lipinski definition) is 4. The fourth-order valence-electron chi connectivity index (χ4n) is 4.02. The molecule has 0 fully saturated rings. The van der Waals surface area contributed by atoms with E-state index >= 15 is 0 Å². The molecule has 1 aliphatic carbocycles. The quantitative estimate of drug-likeness (QED) is 0.490. The van der Waals surface area contributed by atoms with Crippen LogP contribution in [0.15, 0.2) is 65.8 Å². The van der Waals surface area contributed by atoms with Gasteiger partial charge in [0.25, 0.3) is 5.91 Å². The summed E-state index contributed by atoms with van der Waals surface area (Å²) in [5, 5.41) is 6.48. The molecule has 7 heteroatoms. The first-order valence-corrected chi connectivity index (χ1v) is 11.6. The maximum atomic E-state index is 12.6. The van der Waals surface area contributed by atoms with Gasteiger partial charge in [-0.25, -0.2) is 13.8 Å². The first kappa shape index (κ1) is 20.1. The molecule has 0 saturated carbocycles. The van der Waals surface area contributed by atoms with Crippen LogP contribution in [0.2, 0.25) is 0 Å². The van der Waals surface area contributed by atoms with Crippen LogP contribution in [0.3, 0.4) is 0 Å². The molecule has 0 unspecified atom stereocenters. The molecule has 0 bridgehead atoms. The predicted molar refractivity (Wildman–Crippen MR) is 120 cm³/mol. The Morgan fingerprint density at radius 2 is 1.73 bits per heavy atom. The van der Waals surface area contributed by atoms with Crippen molar-refractivity contribution < 1.29 is 13.2 Å². The fraction of sp³-hybridized carbons (Fsp3) is 0.217. The molecular weight excluding hydrogens is 398 g/mol. The predicted octanol–water partition coefficient (Wildman–Crippen LogP) is 3.24. The Morgan fingerprint density at radius 3 is 2.43 bits per heavy atom. The van der Waals surface area contributed by atoms with Gasteiger partial charge < -0.3 is 0 Å². The number of nitrogens with one attached hydrogen (secondary N) is 1. The maximum absolute atomic E-state index is 12.6. The highest BCUT2D eigenvalue weighted by molar-refractivity contribution is 7.92. The zero-order valence-corrected chi connectivity index (χ0v) is 17.7. The number of benzene rings is 3. The molecule has 0 spiro atoms. The van der Waals surface area contributed by atoms with E-state index in [1.165, 1.54) is 23.4 Å². The van der Waals surface area contributed by atoms with Crippen LogP contribution in [0.5, 0.6) is 0 Å². The van der Waals surface area contributed by atoms with E-state index in [1.807, 2.05) is 12.1 Å². The minimum atomic E-state index is -3.65. The molecule has 1 amide bonds. The number of rotatable bonds is 6. The van der Waals surface area contributed by atoms with Gasteiger partial charge in [0.05, 0.1) is 18.2 Å². The van der Waals surface area contributed by atoms with Crippen LogP contribution in [-0.2, 0) is 27.7 Å². The summed E-state index contributed by atoms with van der Waals surface area (Å²) in [5.41, 5.74) is 6.50. The molecule has 1 atom stereocenters. The number of amides is 1. The van der Waals surface area contributed by atoms with Crippen LogP contribution in [0.25, 0.3) is 10.8 Å². The number of nitrogens with zero attached hydrogens (tertiary/aromatic N) is 2. The summed E-state index contributed by atoms with van der Waals surface area (Å²) in [6.07, 6.45) is 4.78. The first-order valence-electron chi connectivity index (χ1n) is 9.77. The smallest absolute Gasteiger partial charge is 0.263 e. The number of hydrazone groups is 1. The van der Waals surface area contributed by atoms with Crippen molar-refractivity contribution in [3.05, 3.63) is 77.4 Å². The third-order valence-electron chi connectivity index (χ3n) is 5.39. The Balaban J connectivity index is 1.55. The van der Waals surface area contributed by atoms with Crippen molar-refractivity contribution in [1.29, 1.82) is 0 Å². The minimum Gasteiger partial charge on any atom is -0.271 e. The van der Waals surface area contributed by atoms with Crippen molar-refractivity contribution in [3.63, 3.8) is 0 Å². The molecule has 0 aromatic heterocycles. The van der Waals surface area contributed by atoms with E-state index in [0.29, 0.717) is 5.69 Å². The molecular formula is C23H23N3O3S. The van der Waals surface area contributed by atoms with Crippen molar-refractivity contribution in [3.8, 4) is 0 Å². The number of hydrogen-bond donors (Lipinski definition) is 1. The summed E-state index contributed by atoms with van der Waals surface area (Å²) < 4.78 is 25.7. The van der Waals surface area contributed by atoms with E-state index in [4.69, 9.17) is 0 Å². The van der Waals surface area contributed by atoms with Gasteiger partial charge in [-0.2, -0.15) is 5.10 Å². The highest BCUT2D eigenvalue weighted by Gasteiger charge is 2.28. The molecule has 0 radical (unpaired) electrons. The third-order valence-corrected chi connectivity index (χ3v) is 6.63. The molecule has 0 saturated heterocycles. The van der Waals surface area contributed by atoms with Crippen LogP contribution in [0.4, 0.5) is 5.69 Å². The largest absolute Gasteiger partial charge is 0.271 e. The highest BCUT2D eigenvalue weighted by Crippen LogP contribution is 2.32. The SMILES string of the molecule is C[C@H](C(=O)N/N=C\c1ccc2c3c(cccc13)CC2)N(c1ccccc1)S(C)(=O)=O. The van der Waals surface area contributed by atoms with Gasteiger partial charge in [-0.15, -0.1) is 0 Å². The topological polar surface area (TPSA) is 78.8 Å². The molecule has 1 N–H and O–H groups in total. The number of carbonyl (C=O) groups excluding carboxylic acids is 1. The zero-order chi connectivity index (χ0) is 21.3. The Morgan fingerprint density at radius 1 is 1.03 bits per heavy atom. The van der Waals surface area contributed by atoms with Crippen molar-refractivity contribution in [2.75, 3.05) is 10.6 Å². The summed E-state index contributed by atoms with van der Waals surface area (Å²) in [6, 6.07) is 17.9. The second kappa shape index (κ2) is 7.91. The van der Waals surface area contributed by atoms with Gasteiger partial charge in [0, 0.05) is 5.56 Å². The van der Waals surface area contributed by atoms with Crippen LogP contribution >= 0.6 is 0 Å². The normalized spacial score (nSPS) is 14.2. The maximum Gasteiger partial charge on any atom is 0.263 e. The summed E-state index contributed by atoms with van der Waals surface area (Å²) in [7, 11) is -3.65. The minimum absolute atomic E-state index is 0.430. The van der Waals surface area contributed by atoms with Crippen molar-refractivity contribution in [2.24, 2.45) is 5.10 Å². The molecule has 0 aliphatic heterocycles. The highest BCUT2D eigenvalue weighted by atomic mass is 32.2. The van der Waals surface area contributed by atoms with Gasteiger partial charge in [0.15, 0.2) is 0 Å². The molecule has 0 heterocycles. The summed E-state index contributed by atoms with van der Waals surface area (Å²) in [6.45, 7) is 1.54. The molecule has 6 nitrogen and oxygen atoms in total.